The zero-order valence-corrected chi connectivity index (χ0v) is 11.9. The quantitative estimate of drug-likeness (QED) is 0.837. The van der Waals surface area contributed by atoms with E-state index in [4.69, 9.17) is 0 Å². The Bertz CT molecular complexity index is 618. The lowest BCUT2D eigenvalue weighted by Crippen LogP contribution is -2.23. The second-order valence-electron chi connectivity index (χ2n) is 4.85. The molecule has 1 aromatic carbocycles. The number of fused-ring (bicyclic) bond motifs is 1. The molecule has 1 fully saturated rings. The Kier molecular flexibility index (Phi) is 2.90. The van der Waals surface area contributed by atoms with Crippen LogP contribution in [-0.4, -0.2) is 21.9 Å². The number of benzene rings is 1. The smallest absolute Gasteiger partial charge is 0.222 e. The van der Waals surface area contributed by atoms with Gasteiger partial charge in [0, 0.05) is 48.1 Å². The number of nitrogens with zero attached hydrogens (tertiary/aromatic N) is 2. The summed E-state index contributed by atoms with van der Waals surface area (Å²) in [5.41, 5.74) is 2.43. The summed E-state index contributed by atoms with van der Waals surface area (Å²) in [7, 11) is 2.05. The molecule has 4 heteroatoms. The highest BCUT2D eigenvalue weighted by Crippen LogP contribution is 2.26. The average molecular weight is 307 g/mol. The highest BCUT2D eigenvalue weighted by molar-refractivity contribution is 9.10. The summed E-state index contributed by atoms with van der Waals surface area (Å²) in [5, 5.41) is 1.23. The number of amides is 1. The summed E-state index contributed by atoms with van der Waals surface area (Å²) < 4.78 is 3.20. The first kappa shape index (κ1) is 11.8. The topological polar surface area (TPSA) is 25.2 Å². The molecule has 1 amide bonds. The third kappa shape index (κ3) is 1.94. The van der Waals surface area contributed by atoms with Crippen molar-refractivity contribution in [3.63, 3.8) is 0 Å². The van der Waals surface area contributed by atoms with Crippen molar-refractivity contribution in [2.24, 2.45) is 7.05 Å². The maximum absolute atomic E-state index is 11.7. The van der Waals surface area contributed by atoms with Crippen LogP contribution in [0.3, 0.4) is 0 Å². The number of carbonyl (C=O) groups excluding carboxylic acids is 1. The minimum Gasteiger partial charge on any atom is -0.350 e. The Morgan fingerprint density at radius 2 is 2.22 bits per heavy atom. The fourth-order valence-electron chi connectivity index (χ4n) is 2.65. The first-order valence-corrected chi connectivity index (χ1v) is 6.96. The molecule has 3 nitrogen and oxygen atoms in total. The van der Waals surface area contributed by atoms with E-state index in [0.29, 0.717) is 6.42 Å². The van der Waals surface area contributed by atoms with Crippen LogP contribution in [0, 0.1) is 0 Å². The highest BCUT2D eigenvalue weighted by atomic mass is 79.9. The molecule has 0 saturated carbocycles. The Hall–Kier alpha value is -1.29. The van der Waals surface area contributed by atoms with E-state index in [-0.39, 0.29) is 5.91 Å². The first-order valence-electron chi connectivity index (χ1n) is 6.16. The molecule has 3 rings (SSSR count). The molecule has 0 bridgehead atoms. The van der Waals surface area contributed by atoms with Crippen LogP contribution in [0.25, 0.3) is 10.9 Å². The van der Waals surface area contributed by atoms with Crippen molar-refractivity contribution in [3.8, 4) is 0 Å². The lowest BCUT2D eigenvalue weighted by Gasteiger charge is -2.14. The molecule has 2 heterocycles. The fraction of sp³-hybridized carbons (Fsp3) is 0.357. The average Bonchev–Trinajstić information content (AvgIpc) is 2.86. The zero-order valence-electron chi connectivity index (χ0n) is 10.3. The molecule has 1 aliphatic heterocycles. The predicted octanol–water partition coefficient (Wildman–Crippen LogP) is 3.06. The van der Waals surface area contributed by atoms with Crippen molar-refractivity contribution in [2.75, 3.05) is 6.54 Å². The minimum absolute atomic E-state index is 0.280. The third-order valence-corrected chi connectivity index (χ3v) is 4.06. The van der Waals surface area contributed by atoms with Crippen molar-refractivity contribution in [3.05, 3.63) is 34.4 Å². The predicted molar refractivity (Wildman–Crippen MR) is 75.3 cm³/mol. The Morgan fingerprint density at radius 1 is 1.39 bits per heavy atom. The molecule has 2 aromatic rings. The van der Waals surface area contributed by atoms with Gasteiger partial charge in [-0.1, -0.05) is 15.9 Å². The number of hydrogen-bond acceptors (Lipinski definition) is 1. The van der Waals surface area contributed by atoms with Gasteiger partial charge in [0.2, 0.25) is 5.91 Å². The Labute approximate surface area is 115 Å². The van der Waals surface area contributed by atoms with Gasteiger partial charge in [0.25, 0.3) is 0 Å². The summed E-state index contributed by atoms with van der Waals surface area (Å²) >= 11 is 3.51. The van der Waals surface area contributed by atoms with Crippen LogP contribution in [0.4, 0.5) is 0 Å². The van der Waals surface area contributed by atoms with E-state index in [9.17, 15) is 4.79 Å². The van der Waals surface area contributed by atoms with Gasteiger partial charge >= 0.3 is 0 Å². The monoisotopic (exact) mass is 306 g/mol. The van der Waals surface area contributed by atoms with E-state index in [1.165, 1.54) is 16.5 Å². The van der Waals surface area contributed by atoms with Crippen LogP contribution in [0.5, 0.6) is 0 Å². The van der Waals surface area contributed by atoms with E-state index in [0.717, 1.165) is 24.0 Å². The molecule has 0 atom stereocenters. The number of carbonyl (C=O) groups is 1. The molecule has 0 radical (unpaired) electrons. The second-order valence-corrected chi connectivity index (χ2v) is 5.76. The lowest BCUT2D eigenvalue weighted by molar-refractivity contribution is -0.128. The van der Waals surface area contributed by atoms with Crippen LogP contribution >= 0.6 is 15.9 Å². The number of halogens is 1. The Balaban J connectivity index is 2.01. The van der Waals surface area contributed by atoms with Crippen molar-refractivity contribution in [2.45, 2.75) is 19.4 Å². The number of hydrogen-bond donors (Lipinski definition) is 0. The van der Waals surface area contributed by atoms with Gasteiger partial charge < -0.3 is 9.47 Å². The van der Waals surface area contributed by atoms with Crippen molar-refractivity contribution in [1.82, 2.24) is 9.47 Å². The third-order valence-electron chi connectivity index (χ3n) is 3.57. The molecule has 0 spiro atoms. The first-order chi connectivity index (χ1) is 8.65. The molecule has 1 aromatic heterocycles. The number of rotatable bonds is 2. The van der Waals surface area contributed by atoms with Gasteiger partial charge in [-0.15, -0.1) is 0 Å². The number of likely N-dealkylation sites (tertiary alicyclic amines) is 1. The summed E-state index contributed by atoms with van der Waals surface area (Å²) in [5.74, 6) is 0.280. The van der Waals surface area contributed by atoms with E-state index >= 15 is 0 Å². The molecule has 0 aliphatic carbocycles. The SMILES string of the molecule is Cn1cc(CN2CCCC2=O)c2cc(Br)ccc21. The van der Waals surface area contributed by atoms with Gasteiger partial charge in [0.05, 0.1) is 0 Å². The van der Waals surface area contributed by atoms with Gasteiger partial charge in [-0.25, -0.2) is 0 Å². The molecular formula is C14H15BrN2O. The highest BCUT2D eigenvalue weighted by Gasteiger charge is 2.21. The molecule has 0 N–H and O–H groups in total. The lowest BCUT2D eigenvalue weighted by atomic mass is 10.1. The van der Waals surface area contributed by atoms with E-state index < -0.39 is 0 Å². The number of aromatic nitrogens is 1. The molecular weight excluding hydrogens is 292 g/mol. The minimum atomic E-state index is 0.280. The number of aryl methyl sites for hydroxylation is 1. The van der Waals surface area contributed by atoms with E-state index in [1.54, 1.807) is 0 Å². The normalized spacial score (nSPS) is 15.9. The summed E-state index contributed by atoms with van der Waals surface area (Å²) in [6.45, 7) is 1.62. The standard InChI is InChI=1S/C14H15BrN2O/c1-16-8-10(9-17-6-2-3-14(17)18)12-7-11(15)4-5-13(12)16/h4-5,7-8H,2-3,6,9H2,1H3. The van der Waals surface area contributed by atoms with Crippen LogP contribution in [0.2, 0.25) is 0 Å². The fourth-order valence-corrected chi connectivity index (χ4v) is 3.01. The van der Waals surface area contributed by atoms with Crippen LogP contribution in [-0.2, 0) is 18.4 Å². The van der Waals surface area contributed by atoms with E-state index in [1.807, 2.05) is 18.0 Å². The van der Waals surface area contributed by atoms with Gasteiger partial charge in [-0.05, 0) is 30.2 Å². The summed E-state index contributed by atoms with van der Waals surface area (Å²) in [6.07, 6.45) is 3.82. The van der Waals surface area contributed by atoms with Crippen molar-refractivity contribution < 1.29 is 4.79 Å². The molecule has 94 valence electrons. The summed E-state index contributed by atoms with van der Waals surface area (Å²) in [6, 6.07) is 6.28. The molecule has 18 heavy (non-hydrogen) atoms. The van der Waals surface area contributed by atoms with Crippen LogP contribution < -0.4 is 0 Å². The van der Waals surface area contributed by atoms with Gasteiger partial charge in [0.15, 0.2) is 0 Å². The molecule has 0 unspecified atom stereocenters. The van der Waals surface area contributed by atoms with Gasteiger partial charge in [-0.3, -0.25) is 4.79 Å². The Morgan fingerprint density at radius 3 is 2.94 bits per heavy atom. The van der Waals surface area contributed by atoms with Crippen LogP contribution in [0.1, 0.15) is 18.4 Å². The van der Waals surface area contributed by atoms with Crippen molar-refractivity contribution >= 4 is 32.7 Å². The maximum atomic E-state index is 11.7. The maximum Gasteiger partial charge on any atom is 0.222 e. The largest absolute Gasteiger partial charge is 0.350 e. The molecule has 1 saturated heterocycles. The zero-order chi connectivity index (χ0) is 12.7. The van der Waals surface area contributed by atoms with Gasteiger partial charge in [0.1, 0.15) is 0 Å². The summed E-state index contributed by atoms with van der Waals surface area (Å²) in [4.78, 5) is 13.7. The van der Waals surface area contributed by atoms with Crippen LogP contribution in [0.15, 0.2) is 28.9 Å². The molecule has 1 aliphatic rings. The van der Waals surface area contributed by atoms with E-state index in [2.05, 4.69) is 38.8 Å². The second kappa shape index (κ2) is 4.43. The van der Waals surface area contributed by atoms with Crippen molar-refractivity contribution in [1.29, 1.82) is 0 Å². The van der Waals surface area contributed by atoms with Gasteiger partial charge in [-0.2, -0.15) is 0 Å².